The van der Waals surface area contributed by atoms with Crippen molar-refractivity contribution in [3.05, 3.63) is 54.6 Å². The molecule has 1 aromatic heterocycles. The van der Waals surface area contributed by atoms with E-state index < -0.39 is 0 Å². The monoisotopic (exact) mass is 252 g/mol. The summed E-state index contributed by atoms with van der Waals surface area (Å²) in [5, 5.41) is 6.58. The van der Waals surface area contributed by atoms with Gasteiger partial charge in [0.1, 0.15) is 11.5 Å². The Morgan fingerprint density at radius 2 is 1.74 bits per heavy atom. The largest absolute Gasteiger partial charge is 0.457 e. The molecule has 0 saturated heterocycles. The zero-order valence-corrected chi connectivity index (χ0v) is 10.1. The highest BCUT2D eigenvalue weighted by atomic mass is 16.5. The molecule has 0 aliphatic carbocycles. The summed E-state index contributed by atoms with van der Waals surface area (Å²) in [7, 11) is 0. The minimum atomic E-state index is 0.226. The lowest BCUT2D eigenvalue weighted by atomic mass is 10.2. The lowest BCUT2D eigenvalue weighted by Gasteiger charge is -2.06. The van der Waals surface area contributed by atoms with E-state index >= 15 is 0 Å². The molecule has 5 nitrogen and oxygen atoms in total. The first-order chi connectivity index (χ1) is 9.31. The number of H-pyrrole nitrogens is 1. The fourth-order valence-electron chi connectivity index (χ4n) is 1.74. The second-order valence-corrected chi connectivity index (χ2v) is 3.99. The topological polar surface area (TPSA) is 76.8 Å². The fourth-order valence-corrected chi connectivity index (χ4v) is 1.74. The van der Waals surface area contributed by atoms with E-state index in [9.17, 15) is 0 Å². The quantitative estimate of drug-likeness (QED) is 0.751. The molecule has 0 atom stereocenters. The van der Waals surface area contributed by atoms with Gasteiger partial charge in [0, 0.05) is 5.56 Å². The average Bonchev–Trinajstić information content (AvgIpc) is 2.87. The van der Waals surface area contributed by atoms with Crippen molar-refractivity contribution < 1.29 is 4.74 Å². The van der Waals surface area contributed by atoms with E-state index in [0.29, 0.717) is 5.82 Å². The number of aromatic nitrogens is 3. The second-order valence-electron chi connectivity index (χ2n) is 3.99. The van der Waals surface area contributed by atoms with E-state index in [1.165, 1.54) is 0 Å². The molecule has 3 N–H and O–H groups in total. The summed E-state index contributed by atoms with van der Waals surface area (Å²) in [6.45, 7) is 0. The molecule has 19 heavy (non-hydrogen) atoms. The number of aromatic amines is 1. The van der Waals surface area contributed by atoms with Crippen LogP contribution in [0.3, 0.4) is 0 Å². The number of rotatable bonds is 3. The molecule has 0 unspecified atom stereocenters. The van der Waals surface area contributed by atoms with Crippen LogP contribution in [0, 0.1) is 0 Å². The van der Waals surface area contributed by atoms with Crippen molar-refractivity contribution in [3.63, 3.8) is 0 Å². The Hall–Kier alpha value is -2.82. The summed E-state index contributed by atoms with van der Waals surface area (Å²) in [6.07, 6.45) is 0. The molecule has 0 bridgehead atoms. The van der Waals surface area contributed by atoms with Gasteiger partial charge in [-0.15, -0.1) is 5.10 Å². The highest BCUT2D eigenvalue weighted by molar-refractivity contribution is 5.58. The molecular weight excluding hydrogens is 240 g/mol. The van der Waals surface area contributed by atoms with E-state index in [1.807, 2.05) is 54.6 Å². The number of nitrogens with zero attached hydrogens (tertiary/aromatic N) is 2. The van der Waals surface area contributed by atoms with Crippen LogP contribution >= 0.6 is 0 Å². The first-order valence-corrected chi connectivity index (χ1v) is 5.82. The van der Waals surface area contributed by atoms with Crippen LogP contribution < -0.4 is 10.5 Å². The molecular formula is C14H12N4O. The third-order valence-electron chi connectivity index (χ3n) is 2.59. The Morgan fingerprint density at radius 3 is 2.47 bits per heavy atom. The molecule has 0 aliphatic heterocycles. The number of hydrogen-bond donors (Lipinski definition) is 2. The number of nitrogen functional groups attached to an aromatic ring is 1. The molecule has 3 rings (SSSR count). The summed E-state index contributed by atoms with van der Waals surface area (Å²) in [6, 6.07) is 17.2. The molecule has 1 heterocycles. The average molecular weight is 252 g/mol. The maximum Gasteiger partial charge on any atom is 0.239 e. The lowest BCUT2D eigenvalue weighted by Crippen LogP contribution is -1.87. The number of anilines is 1. The van der Waals surface area contributed by atoms with Crippen LogP contribution in [0.5, 0.6) is 11.5 Å². The summed E-state index contributed by atoms with van der Waals surface area (Å²) in [4.78, 5) is 4.08. The van der Waals surface area contributed by atoms with Crippen LogP contribution in [-0.2, 0) is 0 Å². The normalized spacial score (nSPS) is 10.3. The predicted molar refractivity (Wildman–Crippen MR) is 72.7 cm³/mol. The van der Waals surface area contributed by atoms with Gasteiger partial charge < -0.3 is 10.5 Å². The molecule has 0 saturated carbocycles. The van der Waals surface area contributed by atoms with Crippen molar-refractivity contribution in [1.29, 1.82) is 0 Å². The second kappa shape index (κ2) is 4.81. The van der Waals surface area contributed by atoms with Gasteiger partial charge in [-0.05, 0) is 24.3 Å². The Bertz CT molecular complexity index is 679. The zero-order chi connectivity index (χ0) is 13.1. The number of para-hydroxylation sites is 1. The Morgan fingerprint density at radius 1 is 0.947 bits per heavy atom. The van der Waals surface area contributed by atoms with Gasteiger partial charge in [-0.1, -0.05) is 30.3 Å². The van der Waals surface area contributed by atoms with Crippen LogP contribution in [0.2, 0.25) is 0 Å². The Balaban J connectivity index is 1.88. The molecule has 0 fully saturated rings. The summed E-state index contributed by atoms with van der Waals surface area (Å²) in [5.41, 5.74) is 6.37. The third kappa shape index (κ3) is 2.55. The predicted octanol–water partition coefficient (Wildman–Crippen LogP) is 2.85. The van der Waals surface area contributed by atoms with Crippen LogP contribution in [0.1, 0.15) is 0 Å². The van der Waals surface area contributed by atoms with Crippen molar-refractivity contribution in [3.8, 4) is 22.9 Å². The highest BCUT2D eigenvalue weighted by Crippen LogP contribution is 2.25. The van der Waals surface area contributed by atoms with Crippen LogP contribution in [-0.4, -0.2) is 15.2 Å². The van der Waals surface area contributed by atoms with Gasteiger partial charge in [-0.25, -0.2) is 0 Å². The van der Waals surface area contributed by atoms with E-state index in [-0.39, 0.29) is 5.95 Å². The van der Waals surface area contributed by atoms with E-state index in [4.69, 9.17) is 10.5 Å². The van der Waals surface area contributed by atoms with Crippen molar-refractivity contribution in [2.75, 3.05) is 5.73 Å². The number of nitrogens with two attached hydrogens (primary N) is 1. The molecule has 2 aromatic carbocycles. The number of ether oxygens (including phenoxy) is 1. The number of benzene rings is 2. The maximum atomic E-state index is 5.75. The Labute approximate surface area is 110 Å². The molecule has 3 aromatic rings. The molecule has 0 spiro atoms. The van der Waals surface area contributed by atoms with E-state index in [2.05, 4.69) is 15.2 Å². The fraction of sp³-hybridized carbons (Fsp3) is 0. The van der Waals surface area contributed by atoms with Crippen LogP contribution in [0.15, 0.2) is 54.6 Å². The highest BCUT2D eigenvalue weighted by Gasteiger charge is 2.05. The van der Waals surface area contributed by atoms with Crippen molar-refractivity contribution in [1.82, 2.24) is 15.2 Å². The van der Waals surface area contributed by atoms with Gasteiger partial charge in [0.2, 0.25) is 5.95 Å². The van der Waals surface area contributed by atoms with Gasteiger partial charge in [-0.3, -0.25) is 5.10 Å². The minimum Gasteiger partial charge on any atom is -0.457 e. The summed E-state index contributed by atoms with van der Waals surface area (Å²) >= 11 is 0. The molecule has 0 aliphatic rings. The SMILES string of the molecule is Nc1n[nH]c(-c2cccc(Oc3ccccc3)c2)n1. The first-order valence-electron chi connectivity index (χ1n) is 5.82. The van der Waals surface area contributed by atoms with E-state index in [0.717, 1.165) is 17.1 Å². The zero-order valence-electron chi connectivity index (χ0n) is 10.1. The van der Waals surface area contributed by atoms with Crippen LogP contribution in [0.25, 0.3) is 11.4 Å². The van der Waals surface area contributed by atoms with Crippen LogP contribution in [0.4, 0.5) is 5.95 Å². The van der Waals surface area contributed by atoms with Gasteiger partial charge in [0.05, 0.1) is 0 Å². The molecule has 0 radical (unpaired) electrons. The molecule has 94 valence electrons. The van der Waals surface area contributed by atoms with Gasteiger partial charge in [0.15, 0.2) is 5.82 Å². The summed E-state index contributed by atoms with van der Waals surface area (Å²) < 4.78 is 5.75. The van der Waals surface area contributed by atoms with Gasteiger partial charge in [-0.2, -0.15) is 4.98 Å². The molecule has 5 heteroatoms. The number of hydrogen-bond acceptors (Lipinski definition) is 4. The third-order valence-corrected chi connectivity index (χ3v) is 2.59. The van der Waals surface area contributed by atoms with Crippen molar-refractivity contribution in [2.45, 2.75) is 0 Å². The molecule has 0 amide bonds. The van der Waals surface area contributed by atoms with Crippen molar-refractivity contribution in [2.24, 2.45) is 0 Å². The summed E-state index contributed by atoms with van der Waals surface area (Å²) in [5.74, 6) is 2.37. The maximum absolute atomic E-state index is 5.75. The van der Waals surface area contributed by atoms with E-state index in [1.54, 1.807) is 0 Å². The minimum absolute atomic E-state index is 0.226. The smallest absolute Gasteiger partial charge is 0.239 e. The standard InChI is InChI=1S/C14H12N4O/c15-14-16-13(17-18-14)10-5-4-8-12(9-10)19-11-6-2-1-3-7-11/h1-9H,(H3,15,16,17,18). The first kappa shape index (κ1) is 11.3. The Kier molecular flexibility index (Phi) is 2.86. The lowest BCUT2D eigenvalue weighted by molar-refractivity contribution is 0.483. The number of nitrogens with one attached hydrogen (secondary N) is 1. The van der Waals surface area contributed by atoms with Gasteiger partial charge >= 0.3 is 0 Å². The van der Waals surface area contributed by atoms with Crippen molar-refractivity contribution >= 4 is 5.95 Å². The van der Waals surface area contributed by atoms with Gasteiger partial charge in [0.25, 0.3) is 0 Å².